The van der Waals surface area contributed by atoms with Crippen LogP contribution in [0.5, 0.6) is 11.5 Å². The maximum absolute atomic E-state index is 6.48. The van der Waals surface area contributed by atoms with E-state index in [-0.39, 0.29) is 5.41 Å². The summed E-state index contributed by atoms with van der Waals surface area (Å²) in [5.41, 5.74) is 1.94. The fourth-order valence-corrected chi connectivity index (χ4v) is 3.50. The third-order valence-corrected chi connectivity index (χ3v) is 5.36. The van der Waals surface area contributed by atoms with Crippen molar-refractivity contribution in [2.45, 2.75) is 45.4 Å². The first-order valence-electron chi connectivity index (χ1n) is 9.74. The zero-order valence-electron chi connectivity index (χ0n) is 17.2. The highest BCUT2D eigenvalue weighted by molar-refractivity contribution is 6.37. The van der Waals surface area contributed by atoms with Crippen molar-refractivity contribution in [3.05, 3.63) is 57.6 Å². The quantitative estimate of drug-likeness (QED) is 0.366. The number of rotatable bonds is 11. The lowest BCUT2D eigenvalue weighted by atomic mass is 9.78. The van der Waals surface area contributed by atoms with E-state index in [0.29, 0.717) is 35.6 Å². The molecule has 2 aromatic rings. The second-order valence-corrected chi connectivity index (χ2v) is 8.13. The molecule has 0 aromatic heterocycles. The average Bonchev–Trinajstić information content (AvgIpc) is 2.67. The van der Waals surface area contributed by atoms with Crippen LogP contribution in [0.1, 0.15) is 51.2 Å². The van der Waals surface area contributed by atoms with E-state index in [1.54, 1.807) is 7.11 Å². The van der Waals surface area contributed by atoms with Gasteiger partial charge >= 0.3 is 0 Å². The number of methoxy groups -OCH3 is 1. The Morgan fingerprint density at radius 1 is 0.821 bits per heavy atom. The van der Waals surface area contributed by atoms with Crippen LogP contribution >= 0.6 is 23.2 Å². The molecule has 0 heterocycles. The van der Waals surface area contributed by atoms with Crippen LogP contribution in [-0.4, -0.2) is 26.9 Å². The molecule has 0 unspecified atom stereocenters. The first kappa shape index (κ1) is 22.9. The highest BCUT2D eigenvalue weighted by Gasteiger charge is 2.25. The number of ether oxygens (including phenoxy) is 3. The Hall–Kier alpha value is -1.42. The van der Waals surface area contributed by atoms with Gasteiger partial charge in [0.2, 0.25) is 0 Å². The van der Waals surface area contributed by atoms with Crippen LogP contribution in [0.4, 0.5) is 0 Å². The average molecular weight is 425 g/mol. The molecule has 0 saturated heterocycles. The second kappa shape index (κ2) is 10.9. The van der Waals surface area contributed by atoms with Crippen molar-refractivity contribution in [1.82, 2.24) is 0 Å². The molecule has 0 aliphatic rings. The molecule has 0 atom stereocenters. The van der Waals surface area contributed by atoms with E-state index < -0.39 is 0 Å². The lowest BCUT2D eigenvalue weighted by Crippen LogP contribution is -2.19. The molecule has 0 amide bonds. The van der Waals surface area contributed by atoms with Crippen molar-refractivity contribution in [3.63, 3.8) is 0 Å². The molecule has 2 rings (SSSR count). The van der Waals surface area contributed by atoms with Crippen LogP contribution in [0.2, 0.25) is 10.0 Å². The first-order chi connectivity index (χ1) is 13.4. The Bertz CT molecular complexity index is 719. The normalized spacial score (nSPS) is 11.5. The summed E-state index contributed by atoms with van der Waals surface area (Å²) in [6, 6.07) is 12.1. The largest absolute Gasteiger partial charge is 0.494 e. The number of unbranched alkanes of at least 4 members (excludes halogenated alkanes) is 1. The van der Waals surface area contributed by atoms with Gasteiger partial charge in [0.1, 0.15) is 5.75 Å². The van der Waals surface area contributed by atoms with E-state index in [9.17, 15) is 0 Å². The molecular formula is C23H30Cl2O3. The summed E-state index contributed by atoms with van der Waals surface area (Å²) >= 11 is 13.0. The van der Waals surface area contributed by atoms with Crippen molar-refractivity contribution >= 4 is 23.2 Å². The summed E-state index contributed by atoms with van der Waals surface area (Å²) in [6.07, 6.45) is 2.90. The van der Waals surface area contributed by atoms with E-state index in [1.165, 1.54) is 0 Å². The van der Waals surface area contributed by atoms with Gasteiger partial charge in [0.15, 0.2) is 5.75 Å². The van der Waals surface area contributed by atoms with Gasteiger partial charge in [-0.3, -0.25) is 0 Å². The minimum absolute atomic E-state index is 0.260. The fraction of sp³-hybridized carbons (Fsp3) is 0.478. The van der Waals surface area contributed by atoms with Crippen molar-refractivity contribution < 1.29 is 14.2 Å². The molecule has 0 bridgehead atoms. The third kappa shape index (κ3) is 6.04. The maximum atomic E-state index is 6.48. The Morgan fingerprint density at radius 2 is 1.43 bits per heavy atom. The third-order valence-electron chi connectivity index (χ3n) is 4.80. The Morgan fingerprint density at radius 3 is 2.00 bits per heavy atom. The van der Waals surface area contributed by atoms with Crippen molar-refractivity contribution in [2.75, 3.05) is 26.9 Å². The van der Waals surface area contributed by atoms with Crippen molar-refractivity contribution in [2.24, 2.45) is 0 Å². The lowest BCUT2D eigenvalue weighted by molar-refractivity contribution is 0.172. The van der Waals surface area contributed by atoms with E-state index >= 15 is 0 Å². The van der Waals surface area contributed by atoms with Crippen molar-refractivity contribution in [1.29, 1.82) is 0 Å². The van der Waals surface area contributed by atoms with Gasteiger partial charge in [0.25, 0.3) is 0 Å². The fourth-order valence-electron chi connectivity index (χ4n) is 2.90. The zero-order chi connectivity index (χ0) is 20.6. The van der Waals surface area contributed by atoms with Crippen LogP contribution in [0.3, 0.4) is 0 Å². The van der Waals surface area contributed by atoms with Crippen molar-refractivity contribution in [3.8, 4) is 11.5 Å². The van der Waals surface area contributed by atoms with Crippen LogP contribution in [-0.2, 0) is 10.2 Å². The standard InChI is InChI=1S/C23H30Cl2O3/c1-5-6-13-28-22-20(24)15-18(16-21(22)25)23(2,3)17-8-10-19(11-9-17)27-14-7-12-26-4/h8-11,15-16H,5-7,12-14H2,1-4H3. The summed E-state index contributed by atoms with van der Waals surface area (Å²) in [6.45, 7) is 8.38. The van der Waals surface area contributed by atoms with Gasteiger partial charge in [0, 0.05) is 25.6 Å². The molecular weight excluding hydrogens is 395 g/mol. The summed E-state index contributed by atoms with van der Waals surface area (Å²) < 4.78 is 16.5. The Labute approximate surface area is 178 Å². The van der Waals surface area contributed by atoms with E-state index in [1.807, 2.05) is 24.3 Å². The molecule has 0 spiro atoms. The van der Waals surface area contributed by atoms with E-state index in [0.717, 1.165) is 36.1 Å². The summed E-state index contributed by atoms with van der Waals surface area (Å²) in [4.78, 5) is 0. The van der Waals surface area contributed by atoms with Crippen LogP contribution in [0.25, 0.3) is 0 Å². The molecule has 5 heteroatoms. The van der Waals surface area contributed by atoms with Crippen LogP contribution in [0.15, 0.2) is 36.4 Å². The first-order valence-corrected chi connectivity index (χ1v) is 10.5. The molecule has 0 aliphatic carbocycles. The molecule has 28 heavy (non-hydrogen) atoms. The van der Waals surface area contributed by atoms with Gasteiger partial charge in [-0.25, -0.2) is 0 Å². The summed E-state index contributed by atoms with van der Waals surface area (Å²) in [5.74, 6) is 1.42. The smallest absolute Gasteiger partial charge is 0.156 e. The minimum Gasteiger partial charge on any atom is -0.494 e. The number of hydrogen-bond donors (Lipinski definition) is 0. The van der Waals surface area contributed by atoms with Crippen LogP contribution < -0.4 is 9.47 Å². The summed E-state index contributed by atoms with van der Waals surface area (Å²) in [5, 5.41) is 1.09. The number of hydrogen-bond acceptors (Lipinski definition) is 3. The van der Waals surface area contributed by atoms with Gasteiger partial charge in [0.05, 0.1) is 23.3 Å². The molecule has 2 aromatic carbocycles. The highest BCUT2D eigenvalue weighted by Crippen LogP contribution is 2.40. The van der Waals surface area contributed by atoms with Gasteiger partial charge in [-0.05, 0) is 41.8 Å². The van der Waals surface area contributed by atoms with Gasteiger partial charge in [-0.15, -0.1) is 0 Å². The highest BCUT2D eigenvalue weighted by atomic mass is 35.5. The molecule has 154 valence electrons. The lowest BCUT2D eigenvalue weighted by Gasteiger charge is -2.27. The SMILES string of the molecule is CCCCOc1c(Cl)cc(C(C)(C)c2ccc(OCCCOC)cc2)cc1Cl. The monoisotopic (exact) mass is 424 g/mol. The molecule has 0 aliphatic heterocycles. The minimum atomic E-state index is -0.260. The van der Waals surface area contributed by atoms with Crippen LogP contribution in [0, 0.1) is 0 Å². The second-order valence-electron chi connectivity index (χ2n) is 7.32. The topological polar surface area (TPSA) is 27.7 Å². The van der Waals surface area contributed by atoms with E-state index in [2.05, 4.69) is 32.9 Å². The predicted molar refractivity (Wildman–Crippen MR) is 117 cm³/mol. The molecule has 0 radical (unpaired) electrons. The van der Waals surface area contributed by atoms with Gasteiger partial charge in [-0.1, -0.05) is 62.5 Å². The maximum Gasteiger partial charge on any atom is 0.156 e. The molecule has 0 saturated carbocycles. The van der Waals surface area contributed by atoms with Gasteiger partial charge in [-0.2, -0.15) is 0 Å². The van der Waals surface area contributed by atoms with E-state index in [4.69, 9.17) is 37.4 Å². The Balaban J connectivity index is 2.14. The number of halogens is 2. The summed E-state index contributed by atoms with van der Waals surface area (Å²) in [7, 11) is 1.69. The molecule has 0 N–H and O–H groups in total. The van der Waals surface area contributed by atoms with Gasteiger partial charge < -0.3 is 14.2 Å². The Kier molecular flexibility index (Phi) is 8.94. The number of benzene rings is 2. The zero-order valence-corrected chi connectivity index (χ0v) is 18.7. The molecule has 0 fully saturated rings. The molecule has 3 nitrogen and oxygen atoms in total. The predicted octanol–water partition coefficient (Wildman–Crippen LogP) is 6.91.